The molecule has 2 aromatic carbocycles. The molecule has 2 nitrogen and oxygen atoms in total. The van der Waals surface area contributed by atoms with Gasteiger partial charge in [-0.25, -0.2) is 0 Å². The molecule has 2 aromatic rings. The lowest BCUT2D eigenvalue weighted by molar-refractivity contribution is 0.104. The van der Waals surface area contributed by atoms with Crippen LogP contribution in [0.3, 0.4) is 0 Å². The SMILES string of the molecule is C=CCc1cccc(C(=O)/C=C/c2ccccc2)c1O. The number of phenolic OH excluding ortho intramolecular Hbond substituents is 1. The van der Waals surface area contributed by atoms with Crippen molar-refractivity contribution in [2.45, 2.75) is 6.42 Å². The van der Waals surface area contributed by atoms with E-state index in [0.29, 0.717) is 17.5 Å². The van der Waals surface area contributed by atoms with Gasteiger partial charge in [0.15, 0.2) is 5.78 Å². The second-order valence-electron chi connectivity index (χ2n) is 4.41. The standard InChI is InChI=1S/C18H16O2/c1-2-7-15-10-6-11-16(18(15)20)17(19)13-12-14-8-4-3-5-9-14/h2-6,8-13,20H,1,7H2/b13-12+. The van der Waals surface area contributed by atoms with Gasteiger partial charge in [-0.3, -0.25) is 4.79 Å². The van der Waals surface area contributed by atoms with Crippen LogP contribution in [0.15, 0.2) is 67.3 Å². The lowest BCUT2D eigenvalue weighted by atomic mass is 10.0. The highest BCUT2D eigenvalue weighted by Gasteiger charge is 2.10. The van der Waals surface area contributed by atoms with Gasteiger partial charge in [0, 0.05) is 0 Å². The lowest BCUT2D eigenvalue weighted by Gasteiger charge is -2.05. The fourth-order valence-electron chi connectivity index (χ4n) is 1.94. The largest absolute Gasteiger partial charge is 0.507 e. The maximum atomic E-state index is 12.1. The van der Waals surface area contributed by atoms with E-state index in [1.54, 1.807) is 30.4 Å². The molecule has 0 aromatic heterocycles. The number of carbonyl (C=O) groups is 1. The molecule has 0 saturated heterocycles. The van der Waals surface area contributed by atoms with Gasteiger partial charge in [0.1, 0.15) is 5.75 Å². The minimum atomic E-state index is -0.211. The van der Waals surface area contributed by atoms with Gasteiger partial charge in [-0.15, -0.1) is 6.58 Å². The summed E-state index contributed by atoms with van der Waals surface area (Å²) in [5, 5.41) is 10.1. The van der Waals surface area contributed by atoms with Crippen molar-refractivity contribution in [3.8, 4) is 5.75 Å². The Kier molecular flexibility index (Phi) is 4.51. The fraction of sp³-hybridized carbons (Fsp3) is 0.0556. The van der Waals surface area contributed by atoms with E-state index in [9.17, 15) is 9.90 Å². The average molecular weight is 264 g/mol. The monoisotopic (exact) mass is 264 g/mol. The normalized spacial score (nSPS) is 10.6. The Bertz CT molecular complexity index is 640. The molecule has 0 saturated carbocycles. The summed E-state index contributed by atoms with van der Waals surface area (Å²) in [6.45, 7) is 3.64. The zero-order chi connectivity index (χ0) is 14.4. The van der Waals surface area contributed by atoms with Crippen LogP contribution in [0, 0.1) is 0 Å². The first-order chi connectivity index (χ1) is 9.72. The van der Waals surface area contributed by atoms with Crippen molar-refractivity contribution in [1.82, 2.24) is 0 Å². The van der Waals surface area contributed by atoms with Crippen molar-refractivity contribution in [3.05, 3.63) is 84.0 Å². The van der Waals surface area contributed by atoms with Crippen molar-refractivity contribution < 1.29 is 9.90 Å². The molecular formula is C18H16O2. The molecule has 0 spiro atoms. The summed E-state index contributed by atoms with van der Waals surface area (Å²) in [7, 11) is 0. The summed E-state index contributed by atoms with van der Waals surface area (Å²) < 4.78 is 0. The number of aromatic hydroxyl groups is 1. The number of hydrogen-bond donors (Lipinski definition) is 1. The summed E-state index contributed by atoms with van der Waals surface area (Å²) in [5.74, 6) is -0.174. The third-order valence-electron chi connectivity index (χ3n) is 2.98. The Morgan fingerprint density at radius 2 is 1.85 bits per heavy atom. The van der Waals surface area contributed by atoms with Crippen LogP contribution in [0.25, 0.3) is 6.08 Å². The van der Waals surface area contributed by atoms with Crippen LogP contribution in [0.2, 0.25) is 0 Å². The predicted octanol–water partition coefficient (Wildman–Crippen LogP) is 4.02. The number of ketones is 1. The van der Waals surface area contributed by atoms with Crippen LogP contribution in [-0.4, -0.2) is 10.9 Å². The summed E-state index contributed by atoms with van der Waals surface area (Å²) in [4.78, 5) is 12.1. The van der Waals surface area contributed by atoms with Crippen LogP contribution in [0.5, 0.6) is 5.75 Å². The number of phenols is 1. The summed E-state index contributed by atoms with van der Waals surface area (Å²) in [5.41, 5.74) is 1.97. The van der Waals surface area contributed by atoms with Gasteiger partial charge >= 0.3 is 0 Å². The van der Waals surface area contributed by atoms with Crippen molar-refractivity contribution >= 4 is 11.9 Å². The minimum absolute atomic E-state index is 0.0371. The number of rotatable bonds is 5. The molecule has 20 heavy (non-hydrogen) atoms. The molecule has 1 N–H and O–H groups in total. The number of carbonyl (C=O) groups excluding carboxylic acids is 1. The van der Waals surface area contributed by atoms with Gasteiger partial charge in [0.25, 0.3) is 0 Å². The first-order valence-electron chi connectivity index (χ1n) is 6.41. The Morgan fingerprint density at radius 3 is 2.55 bits per heavy atom. The molecule has 100 valence electrons. The average Bonchev–Trinajstić information content (AvgIpc) is 2.48. The highest BCUT2D eigenvalue weighted by atomic mass is 16.3. The lowest BCUT2D eigenvalue weighted by Crippen LogP contribution is -1.97. The summed E-state index contributed by atoms with van der Waals surface area (Å²) in [6, 6.07) is 14.7. The minimum Gasteiger partial charge on any atom is -0.507 e. The third kappa shape index (κ3) is 3.23. The van der Waals surface area contributed by atoms with Crippen LogP contribution >= 0.6 is 0 Å². The van der Waals surface area contributed by atoms with Gasteiger partial charge in [-0.2, -0.15) is 0 Å². The molecule has 2 rings (SSSR count). The molecule has 0 heterocycles. The third-order valence-corrected chi connectivity index (χ3v) is 2.98. The molecule has 0 aliphatic carbocycles. The Labute approximate surface area is 118 Å². The Balaban J connectivity index is 2.23. The highest BCUT2D eigenvalue weighted by molar-refractivity contribution is 6.08. The van der Waals surface area contributed by atoms with E-state index in [2.05, 4.69) is 6.58 Å². The smallest absolute Gasteiger partial charge is 0.189 e. The second-order valence-corrected chi connectivity index (χ2v) is 4.41. The molecular weight excluding hydrogens is 248 g/mol. The molecule has 0 amide bonds. The van der Waals surface area contributed by atoms with Gasteiger partial charge < -0.3 is 5.11 Å². The van der Waals surface area contributed by atoms with Crippen LogP contribution < -0.4 is 0 Å². The Hall–Kier alpha value is -2.61. The van der Waals surface area contributed by atoms with Crippen molar-refractivity contribution in [1.29, 1.82) is 0 Å². The quantitative estimate of drug-likeness (QED) is 0.503. The maximum absolute atomic E-state index is 12.1. The first kappa shape index (κ1) is 13.8. The van der Waals surface area contributed by atoms with Crippen molar-refractivity contribution in [2.75, 3.05) is 0 Å². The number of allylic oxidation sites excluding steroid dienone is 2. The van der Waals surface area contributed by atoms with Gasteiger partial charge in [0.05, 0.1) is 5.56 Å². The second kappa shape index (κ2) is 6.53. The molecule has 0 aliphatic rings. The van der Waals surface area contributed by atoms with Gasteiger partial charge in [-0.1, -0.05) is 54.6 Å². The van der Waals surface area contributed by atoms with Gasteiger partial charge in [0.2, 0.25) is 0 Å². The summed E-state index contributed by atoms with van der Waals surface area (Å²) in [6.07, 6.45) is 5.45. The molecule has 0 atom stereocenters. The van der Waals surface area contributed by atoms with E-state index in [1.165, 1.54) is 6.08 Å². The van der Waals surface area contributed by atoms with E-state index >= 15 is 0 Å². The topological polar surface area (TPSA) is 37.3 Å². The van der Waals surface area contributed by atoms with Crippen LogP contribution in [0.4, 0.5) is 0 Å². The van der Waals surface area contributed by atoms with Crippen molar-refractivity contribution in [3.63, 3.8) is 0 Å². The van der Waals surface area contributed by atoms with Crippen LogP contribution in [0.1, 0.15) is 21.5 Å². The number of para-hydroxylation sites is 1. The highest BCUT2D eigenvalue weighted by Crippen LogP contribution is 2.24. The molecule has 0 aliphatic heterocycles. The molecule has 0 fully saturated rings. The fourth-order valence-corrected chi connectivity index (χ4v) is 1.94. The molecule has 0 unspecified atom stereocenters. The van der Waals surface area contributed by atoms with E-state index < -0.39 is 0 Å². The van der Waals surface area contributed by atoms with E-state index in [-0.39, 0.29) is 11.5 Å². The van der Waals surface area contributed by atoms with E-state index in [1.807, 2.05) is 30.3 Å². The number of benzene rings is 2. The molecule has 0 radical (unpaired) electrons. The summed E-state index contributed by atoms with van der Waals surface area (Å²) >= 11 is 0. The van der Waals surface area contributed by atoms with Crippen LogP contribution in [-0.2, 0) is 6.42 Å². The molecule has 2 heteroatoms. The van der Waals surface area contributed by atoms with E-state index in [4.69, 9.17) is 0 Å². The Morgan fingerprint density at radius 1 is 1.10 bits per heavy atom. The zero-order valence-electron chi connectivity index (χ0n) is 11.1. The van der Waals surface area contributed by atoms with E-state index in [0.717, 1.165) is 5.56 Å². The van der Waals surface area contributed by atoms with Gasteiger partial charge in [-0.05, 0) is 29.7 Å². The first-order valence-corrected chi connectivity index (χ1v) is 6.41. The van der Waals surface area contributed by atoms with Crippen molar-refractivity contribution in [2.24, 2.45) is 0 Å². The number of hydrogen-bond acceptors (Lipinski definition) is 2. The predicted molar refractivity (Wildman–Crippen MR) is 81.8 cm³/mol. The zero-order valence-corrected chi connectivity index (χ0v) is 11.1. The maximum Gasteiger partial charge on any atom is 0.189 e. The molecule has 0 bridgehead atoms.